The molecule has 0 heterocycles. The van der Waals surface area contributed by atoms with Crippen LogP contribution in [0.15, 0.2) is 41.2 Å². The summed E-state index contributed by atoms with van der Waals surface area (Å²) in [6, 6.07) is 3.12. The van der Waals surface area contributed by atoms with Crippen molar-refractivity contribution in [3.8, 4) is 5.75 Å². The van der Waals surface area contributed by atoms with E-state index in [1.165, 1.54) is 6.07 Å². The third-order valence-corrected chi connectivity index (χ3v) is 2.15. The molecule has 0 saturated carbocycles. The number of hydrogen-bond donors (Lipinski definition) is 0. The fourth-order valence-electron chi connectivity index (χ4n) is 0.878. The summed E-state index contributed by atoms with van der Waals surface area (Å²) in [6.45, 7) is 3.26. The van der Waals surface area contributed by atoms with Gasteiger partial charge in [0.05, 0.1) is 10.0 Å². The van der Waals surface area contributed by atoms with Crippen LogP contribution in [0.2, 0.25) is 0 Å². The van der Waals surface area contributed by atoms with E-state index in [9.17, 15) is 13.2 Å². The van der Waals surface area contributed by atoms with Crippen molar-refractivity contribution in [1.29, 1.82) is 0 Å². The maximum absolute atomic E-state index is 12.3. The molecule has 0 aromatic heterocycles. The zero-order valence-electron chi connectivity index (χ0n) is 7.44. The van der Waals surface area contributed by atoms with Gasteiger partial charge in [-0.2, -0.15) is 13.2 Å². The van der Waals surface area contributed by atoms with Gasteiger partial charge in [0.1, 0.15) is 12.0 Å². The highest BCUT2D eigenvalue weighted by Gasteiger charge is 2.30. The molecule has 0 radical (unpaired) electrons. The second-order valence-corrected chi connectivity index (χ2v) is 3.44. The number of benzene rings is 1. The second kappa shape index (κ2) is 4.55. The molecule has 0 fully saturated rings. The molecule has 0 spiro atoms. The summed E-state index contributed by atoms with van der Waals surface area (Å²) in [5.74, 6) is 0.277. The molecular formula is C10H6BrF3O. The van der Waals surface area contributed by atoms with Crippen LogP contribution in [0, 0.1) is 0 Å². The lowest BCUT2D eigenvalue weighted by atomic mass is 10.2. The fraction of sp³-hybridized carbons (Fsp3) is 0.100. The first-order valence-electron chi connectivity index (χ1n) is 3.83. The molecule has 80 valence electrons. The lowest BCUT2D eigenvalue weighted by molar-refractivity contribution is -0.137. The lowest BCUT2D eigenvalue weighted by Crippen LogP contribution is -2.04. The van der Waals surface area contributed by atoms with Crippen LogP contribution in [-0.4, -0.2) is 0 Å². The molecule has 0 saturated heterocycles. The van der Waals surface area contributed by atoms with E-state index in [1.807, 2.05) is 0 Å². The van der Waals surface area contributed by atoms with Gasteiger partial charge in [-0.25, -0.2) is 0 Å². The maximum Gasteiger partial charge on any atom is 0.416 e. The summed E-state index contributed by atoms with van der Waals surface area (Å²) in [4.78, 5) is 0. The molecule has 0 atom stereocenters. The van der Waals surface area contributed by atoms with Crippen molar-refractivity contribution in [2.24, 2.45) is 0 Å². The topological polar surface area (TPSA) is 9.23 Å². The number of halogens is 4. The van der Waals surface area contributed by atoms with E-state index < -0.39 is 11.7 Å². The zero-order valence-corrected chi connectivity index (χ0v) is 9.02. The van der Waals surface area contributed by atoms with Crippen LogP contribution in [0.4, 0.5) is 13.2 Å². The number of ether oxygens (including phenoxy) is 1. The number of rotatable bonds is 2. The van der Waals surface area contributed by atoms with Crippen molar-refractivity contribution in [3.05, 3.63) is 46.8 Å². The standard InChI is InChI=1S/C10H6BrF3O/c1-2-5-15-9-4-3-7(6-8(9)11)10(12,13)14/h3-6H,1H2. The van der Waals surface area contributed by atoms with Gasteiger partial charge >= 0.3 is 6.18 Å². The van der Waals surface area contributed by atoms with E-state index >= 15 is 0 Å². The van der Waals surface area contributed by atoms with Crippen molar-refractivity contribution < 1.29 is 17.9 Å². The van der Waals surface area contributed by atoms with Crippen molar-refractivity contribution >= 4 is 15.9 Å². The van der Waals surface area contributed by atoms with Gasteiger partial charge in [-0.3, -0.25) is 0 Å². The molecule has 1 nitrogen and oxygen atoms in total. The first-order valence-corrected chi connectivity index (χ1v) is 4.62. The Morgan fingerprint density at radius 1 is 1.40 bits per heavy atom. The first kappa shape index (κ1) is 11.9. The molecule has 0 aliphatic heterocycles. The minimum atomic E-state index is -4.35. The van der Waals surface area contributed by atoms with Gasteiger partial charge in [0.25, 0.3) is 0 Å². The molecule has 0 aliphatic rings. The van der Waals surface area contributed by atoms with E-state index in [1.54, 1.807) is 0 Å². The first-order chi connectivity index (χ1) is 6.95. The Balaban J connectivity index is 3.03. The molecule has 15 heavy (non-hydrogen) atoms. The molecule has 5 heteroatoms. The minimum absolute atomic E-state index is 0.226. The molecule has 1 aromatic carbocycles. The molecule has 0 aliphatic carbocycles. The third-order valence-electron chi connectivity index (χ3n) is 1.53. The quantitative estimate of drug-likeness (QED) is 0.583. The number of hydrogen-bond acceptors (Lipinski definition) is 1. The molecule has 1 aromatic rings. The van der Waals surface area contributed by atoms with Crippen molar-refractivity contribution in [3.63, 3.8) is 0 Å². The molecular weight excluding hydrogens is 273 g/mol. The second-order valence-electron chi connectivity index (χ2n) is 2.58. The average Bonchev–Trinajstić information content (AvgIpc) is 2.14. The smallest absolute Gasteiger partial charge is 0.416 e. The highest BCUT2D eigenvalue weighted by Crippen LogP contribution is 2.34. The summed E-state index contributed by atoms with van der Waals surface area (Å²) < 4.78 is 41.9. The molecule has 0 bridgehead atoms. The Labute approximate surface area is 93.0 Å². The predicted octanol–water partition coefficient (Wildman–Crippen LogP) is 4.15. The van der Waals surface area contributed by atoms with E-state index in [0.29, 0.717) is 0 Å². The van der Waals surface area contributed by atoms with Crippen LogP contribution in [-0.2, 0) is 6.18 Å². The Morgan fingerprint density at radius 3 is 2.53 bits per heavy atom. The van der Waals surface area contributed by atoms with Crippen LogP contribution in [0.3, 0.4) is 0 Å². The van der Waals surface area contributed by atoms with Crippen LogP contribution in [0.1, 0.15) is 5.56 Å². The van der Waals surface area contributed by atoms with Crippen LogP contribution < -0.4 is 4.74 Å². The highest BCUT2D eigenvalue weighted by atomic mass is 79.9. The predicted molar refractivity (Wildman–Crippen MR) is 53.5 cm³/mol. The normalized spacial score (nSPS) is 10.7. The summed E-state index contributed by atoms with van der Waals surface area (Å²) >= 11 is 2.98. The zero-order chi connectivity index (χ0) is 11.5. The maximum atomic E-state index is 12.3. The van der Waals surface area contributed by atoms with Gasteiger partial charge in [-0.15, -0.1) is 0 Å². The fourth-order valence-corrected chi connectivity index (χ4v) is 1.35. The van der Waals surface area contributed by atoms with Gasteiger partial charge in [-0.05, 0) is 34.1 Å². The summed E-state index contributed by atoms with van der Waals surface area (Å²) in [5.41, 5.74) is 1.62. The molecule has 0 N–H and O–H groups in total. The van der Waals surface area contributed by atoms with Gasteiger partial charge in [-0.1, -0.05) is 12.3 Å². The highest BCUT2D eigenvalue weighted by molar-refractivity contribution is 9.10. The summed E-state index contributed by atoms with van der Waals surface area (Å²) in [6.07, 6.45) is -3.19. The van der Waals surface area contributed by atoms with Crippen molar-refractivity contribution in [2.75, 3.05) is 0 Å². The monoisotopic (exact) mass is 278 g/mol. The van der Waals surface area contributed by atoms with Crippen LogP contribution in [0.5, 0.6) is 5.75 Å². The third kappa shape index (κ3) is 3.15. The van der Waals surface area contributed by atoms with Crippen LogP contribution in [0.25, 0.3) is 0 Å². The lowest BCUT2D eigenvalue weighted by Gasteiger charge is -2.08. The van der Waals surface area contributed by atoms with E-state index in [0.717, 1.165) is 18.4 Å². The molecule has 0 amide bonds. The summed E-state index contributed by atoms with van der Waals surface area (Å²) in [5, 5.41) is 0. The van der Waals surface area contributed by atoms with Crippen LogP contribution >= 0.6 is 15.9 Å². The molecule has 0 unspecified atom stereocenters. The van der Waals surface area contributed by atoms with Gasteiger partial charge in [0.15, 0.2) is 0 Å². The SMILES string of the molecule is C=C=COc1ccc(C(F)(F)F)cc1Br. The largest absolute Gasteiger partial charge is 0.456 e. The average molecular weight is 279 g/mol. The van der Waals surface area contributed by atoms with E-state index in [2.05, 4.69) is 28.2 Å². The number of alkyl halides is 3. The minimum Gasteiger partial charge on any atom is -0.456 e. The Morgan fingerprint density at radius 2 is 2.07 bits per heavy atom. The van der Waals surface area contributed by atoms with Crippen molar-refractivity contribution in [2.45, 2.75) is 6.18 Å². The summed E-state index contributed by atoms with van der Waals surface area (Å²) in [7, 11) is 0. The Bertz CT molecular complexity index is 406. The van der Waals surface area contributed by atoms with E-state index in [-0.39, 0.29) is 10.2 Å². The van der Waals surface area contributed by atoms with Gasteiger partial charge in [0, 0.05) is 0 Å². The van der Waals surface area contributed by atoms with Crippen molar-refractivity contribution in [1.82, 2.24) is 0 Å². The Kier molecular flexibility index (Phi) is 3.61. The van der Waals surface area contributed by atoms with Gasteiger partial charge in [0.2, 0.25) is 0 Å². The van der Waals surface area contributed by atoms with E-state index in [4.69, 9.17) is 4.74 Å². The van der Waals surface area contributed by atoms with Gasteiger partial charge < -0.3 is 4.74 Å². The molecule has 1 rings (SSSR count). The Hall–Kier alpha value is -1.19.